The van der Waals surface area contributed by atoms with Gasteiger partial charge in [-0.25, -0.2) is 0 Å². The van der Waals surface area contributed by atoms with Crippen molar-refractivity contribution in [3.63, 3.8) is 0 Å². The first-order valence-electron chi connectivity index (χ1n) is 16.8. The summed E-state index contributed by atoms with van der Waals surface area (Å²) in [5, 5.41) is 2.72. The highest BCUT2D eigenvalue weighted by atomic mass is 14.3. The number of hydrogen-bond donors (Lipinski definition) is 0. The summed E-state index contributed by atoms with van der Waals surface area (Å²) < 4.78 is 0. The van der Waals surface area contributed by atoms with Gasteiger partial charge in [0.1, 0.15) is 0 Å². The summed E-state index contributed by atoms with van der Waals surface area (Å²) in [6.07, 6.45) is 28.9. The van der Waals surface area contributed by atoms with E-state index in [-0.39, 0.29) is 0 Å². The van der Waals surface area contributed by atoms with Crippen LogP contribution in [0.3, 0.4) is 0 Å². The minimum absolute atomic E-state index is 0.391. The van der Waals surface area contributed by atoms with Crippen LogP contribution in [0, 0.1) is 18.8 Å². The van der Waals surface area contributed by atoms with Crippen molar-refractivity contribution in [2.24, 2.45) is 11.8 Å². The molecule has 0 heterocycles. The van der Waals surface area contributed by atoms with Crippen molar-refractivity contribution in [3.8, 4) is 0 Å². The lowest BCUT2D eigenvalue weighted by Crippen LogP contribution is -2.01. The molecule has 0 heteroatoms. The molecule has 0 amide bonds. The molecule has 6 rings (SSSR count). The van der Waals surface area contributed by atoms with Gasteiger partial charge in [-0.15, -0.1) is 11.5 Å². The van der Waals surface area contributed by atoms with Crippen molar-refractivity contribution in [2.75, 3.05) is 0 Å². The molecule has 0 unspecified atom stereocenters. The summed E-state index contributed by atoms with van der Waals surface area (Å²) in [5.41, 5.74) is 24.3. The summed E-state index contributed by atoms with van der Waals surface area (Å²) >= 11 is 0. The van der Waals surface area contributed by atoms with Crippen molar-refractivity contribution in [2.45, 2.75) is 67.2 Å². The van der Waals surface area contributed by atoms with Gasteiger partial charge in [-0.2, -0.15) is 0 Å². The maximum absolute atomic E-state index is 4.67. The number of hydrogen-bond acceptors (Lipinski definition) is 0. The minimum Gasteiger partial charge on any atom is -0.120 e. The SMILES string of the molecule is C=C=C1/C=C2/C(=C)/C=C(C(C)C)\C=C/CC3=CC=C(C)C(=C=C32)C/C=C\c2c1cc1c3c(ccc(C)c23)C/C=C\C(C(C)C)=C/C1. The van der Waals surface area contributed by atoms with Gasteiger partial charge in [0, 0.05) is 16.7 Å². The summed E-state index contributed by atoms with van der Waals surface area (Å²) in [5.74, 6) is 0.867. The zero-order valence-electron chi connectivity index (χ0n) is 28.5. The van der Waals surface area contributed by atoms with E-state index < -0.39 is 0 Å². The van der Waals surface area contributed by atoms with Gasteiger partial charge in [-0.3, -0.25) is 0 Å². The maximum Gasteiger partial charge on any atom is 0.0281 e. The molecule has 2 bridgehead atoms. The first kappa shape index (κ1) is 31.4. The highest BCUT2D eigenvalue weighted by Gasteiger charge is 2.22. The number of aryl methyl sites for hydroxylation is 1. The van der Waals surface area contributed by atoms with Crippen LogP contribution in [0.2, 0.25) is 0 Å². The lowest BCUT2D eigenvalue weighted by atomic mass is 9.83. The molecule has 2 aromatic carbocycles. The standard InChI is InChI=1S/C46H46/c1-9-34-26-42-33(8)25-38(30(4)5)16-11-14-36-21-19-31(6)39(27-44(36)42)17-12-18-41-43(34)28-40-24-23-35(29(2)3)13-10-15-37-22-20-32(7)45(41)46(37)40/h10-13,16,18-23,25-26,28-30H,1,8,14-15,17,24H2,2-7H3/b13-10-,16-11-,18-12-,35-23+,38-25+,42-26-. The Morgan fingerprint density at radius 2 is 1.52 bits per heavy atom. The van der Waals surface area contributed by atoms with Crippen molar-refractivity contribution in [1.82, 2.24) is 0 Å². The highest BCUT2D eigenvalue weighted by Crippen LogP contribution is 2.41. The average molecular weight is 599 g/mol. The maximum atomic E-state index is 4.67. The van der Waals surface area contributed by atoms with Crippen LogP contribution in [-0.2, 0) is 12.8 Å². The van der Waals surface area contributed by atoms with E-state index >= 15 is 0 Å². The van der Waals surface area contributed by atoms with Crippen molar-refractivity contribution in [1.29, 1.82) is 0 Å². The van der Waals surface area contributed by atoms with Gasteiger partial charge >= 0.3 is 0 Å². The van der Waals surface area contributed by atoms with E-state index in [0.29, 0.717) is 11.8 Å². The van der Waals surface area contributed by atoms with Gasteiger partial charge in [0.15, 0.2) is 0 Å². The lowest BCUT2D eigenvalue weighted by Gasteiger charge is -2.20. The predicted octanol–water partition coefficient (Wildman–Crippen LogP) is 12.3. The largest absolute Gasteiger partial charge is 0.120 e. The number of rotatable bonds is 2. The molecule has 4 aliphatic rings. The van der Waals surface area contributed by atoms with Gasteiger partial charge in [0.05, 0.1) is 0 Å². The molecular formula is C46H46. The second-order valence-corrected chi connectivity index (χ2v) is 13.7. The first-order chi connectivity index (χ1) is 22.2. The summed E-state index contributed by atoms with van der Waals surface area (Å²) in [6, 6.07) is 7.06. The highest BCUT2D eigenvalue weighted by molar-refractivity contribution is 6.02. The minimum atomic E-state index is 0.391. The fraction of sp³-hybridized carbons (Fsp3) is 0.261. The van der Waals surface area contributed by atoms with Gasteiger partial charge in [-0.05, 0) is 136 Å². The van der Waals surface area contributed by atoms with Crippen molar-refractivity contribution in [3.05, 3.63) is 176 Å². The molecular weight excluding hydrogens is 553 g/mol. The Kier molecular flexibility index (Phi) is 8.88. The molecule has 0 saturated heterocycles. The summed E-state index contributed by atoms with van der Waals surface area (Å²) in [7, 11) is 0. The Morgan fingerprint density at radius 1 is 0.783 bits per heavy atom. The third-order valence-electron chi connectivity index (χ3n) is 9.83. The molecule has 0 aromatic heterocycles. The van der Waals surface area contributed by atoms with Gasteiger partial charge in [-0.1, -0.05) is 114 Å². The predicted molar refractivity (Wildman–Crippen MR) is 201 cm³/mol. The Morgan fingerprint density at radius 3 is 2.28 bits per heavy atom. The van der Waals surface area contributed by atoms with Crippen molar-refractivity contribution >= 4 is 22.4 Å². The normalized spacial score (nSPS) is 23.6. The fourth-order valence-corrected chi connectivity index (χ4v) is 7.05. The zero-order chi connectivity index (χ0) is 32.5. The molecule has 0 aliphatic heterocycles. The Hall–Kier alpha value is -4.60. The fourth-order valence-electron chi connectivity index (χ4n) is 7.05. The van der Waals surface area contributed by atoms with Crippen LogP contribution in [0.4, 0.5) is 0 Å². The summed E-state index contributed by atoms with van der Waals surface area (Å²) in [6.45, 7) is 22.5. The van der Waals surface area contributed by atoms with E-state index in [1.807, 2.05) is 0 Å². The van der Waals surface area contributed by atoms with Crippen LogP contribution >= 0.6 is 0 Å². The number of fused-ring (bicyclic) bond motifs is 2. The molecule has 46 heavy (non-hydrogen) atoms. The van der Waals surface area contributed by atoms with E-state index in [9.17, 15) is 0 Å². The lowest BCUT2D eigenvalue weighted by molar-refractivity contribution is 0.786. The summed E-state index contributed by atoms with van der Waals surface area (Å²) in [4.78, 5) is 0. The molecule has 0 spiro atoms. The van der Waals surface area contributed by atoms with Gasteiger partial charge < -0.3 is 0 Å². The third-order valence-corrected chi connectivity index (χ3v) is 9.83. The van der Waals surface area contributed by atoms with Crippen LogP contribution in [0.25, 0.3) is 22.4 Å². The molecule has 2 aromatic rings. The van der Waals surface area contributed by atoms with Crippen LogP contribution in [0.1, 0.15) is 75.3 Å². The van der Waals surface area contributed by atoms with E-state index in [0.717, 1.165) is 48.0 Å². The molecule has 0 fully saturated rings. The smallest absolute Gasteiger partial charge is 0.0281 e. The van der Waals surface area contributed by atoms with Gasteiger partial charge in [0.2, 0.25) is 0 Å². The molecule has 0 radical (unpaired) electrons. The topological polar surface area (TPSA) is 0 Å². The number of benzene rings is 2. The van der Waals surface area contributed by atoms with Crippen LogP contribution < -0.4 is 0 Å². The zero-order valence-corrected chi connectivity index (χ0v) is 28.5. The molecule has 0 atom stereocenters. The van der Waals surface area contributed by atoms with E-state index in [4.69, 9.17) is 0 Å². The Labute approximate surface area is 276 Å². The third kappa shape index (κ3) is 6.00. The molecule has 0 N–H and O–H groups in total. The van der Waals surface area contributed by atoms with Gasteiger partial charge in [0.25, 0.3) is 0 Å². The van der Waals surface area contributed by atoms with E-state index in [2.05, 4.69) is 151 Å². The van der Waals surface area contributed by atoms with E-state index in [1.165, 1.54) is 66.5 Å². The van der Waals surface area contributed by atoms with Crippen LogP contribution in [0.5, 0.6) is 0 Å². The second kappa shape index (κ2) is 13.0. The molecule has 230 valence electrons. The Balaban J connectivity index is 1.69. The van der Waals surface area contributed by atoms with Crippen LogP contribution in [0.15, 0.2) is 148 Å². The second-order valence-electron chi connectivity index (χ2n) is 13.7. The molecule has 4 aliphatic carbocycles. The average Bonchev–Trinajstić information content (AvgIpc) is 3.08. The van der Waals surface area contributed by atoms with Crippen LogP contribution in [-0.4, -0.2) is 0 Å². The van der Waals surface area contributed by atoms with Crippen molar-refractivity contribution < 1.29 is 0 Å². The first-order valence-corrected chi connectivity index (χ1v) is 16.8. The molecule has 0 saturated carbocycles. The number of allylic oxidation sites excluding steroid dienone is 18. The monoisotopic (exact) mass is 598 g/mol. The van der Waals surface area contributed by atoms with E-state index in [1.54, 1.807) is 0 Å². The Bertz CT molecular complexity index is 2030. The molecule has 0 nitrogen and oxygen atoms in total. The quantitative estimate of drug-likeness (QED) is 0.302.